The molecule has 1 N–H and O–H groups in total. The minimum atomic E-state index is 0. The van der Waals surface area contributed by atoms with E-state index in [9.17, 15) is 0 Å². The van der Waals surface area contributed by atoms with Crippen LogP contribution in [-0.4, -0.2) is 20.2 Å². The SMILES string of the molecule is COc1cccc(CC2CCCC3CNCC32)c1.Cl. The topological polar surface area (TPSA) is 21.3 Å². The summed E-state index contributed by atoms with van der Waals surface area (Å²) in [7, 11) is 1.75. The van der Waals surface area contributed by atoms with Crippen LogP contribution in [0.1, 0.15) is 24.8 Å². The van der Waals surface area contributed by atoms with Crippen LogP contribution >= 0.6 is 12.4 Å². The molecule has 3 heteroatoms. The fourth-order valence-corrected chi connectivity index (χ4v) is 3.83. The van der Waals surface area contributed by atoms with Crippen LogP contribution in [0.2, 0.25) is 0 Å². The second-order valence-electron chi connectivity index (χ2n) is 5.83. The number of rotatable bonds is 3. The zero-order chi connectivity index (χ0) is 12.4. The lowest BCUT2D eigenvalue weighted by Crippen LogP contribution is -2.28. The van der Waals surface area contributed by atoms with Crippen molar-refractivity contribution in [3.8, 4) is 5.75 Å². The first-order chi connectivity index (χ1) is 8.86. The zero-order valence-corrected chi connectivity index (χ0v) is 12.4. The summed E-state index contributed by atoms with van der Waals surface area (Å²) in [5, 5.41) is 3.58. The molecule has 0 amide bonds. The molecular weight excluding hydrogens is 258 g/mol. The van der Waals surface area contributed by atoms with Crippen LogP contribution in [0.15, 0.2) is 24.3 Å². The van der Waals surface area contributed by atoms with Gasteiger partial charge in [0.2, 0.25) is 0 Å². The molecule has 0 aromatic heterocycles. The Morgan fingerprint density at radius 2 is 2.16 bits per heavy atom. The van der Waals surface area contributed by atoms with Gasteiger partial charge in [0.05, 0.1) is 7.11 Å². The first-order valence-corrected chi connectivity index (χ1v) is 7.20. The van der Waals surface area contributed by atoms with E-state index in [1.54, 1.807) is 7.11 Å². The minimum Gasteiger partial charge on any atom is -0.497 e. The lowest BCUT2D eigenvalue weighted by Gasteiger charge is -2.33. The van der Waals surface area contributed by atoms with Gasteiger partial charge in [-0.2, -0.15) is 0 Å². The van der Waals surface area contributed by atoms with Gasteiger partial charge in [0, 0.05) is 0 Å². The summed E-state index contributed by atoms with van der Waals surface area (Å²) >= 11 is 0. The quantitative estimate of drug-likeness (QED) is 0.918. The Hall–Kier alpha value is -0.730. The molecule has 1 saturated carbocycles. The Morgan fingerprint density at radius 3 is 3.00 bits per heavy atom. The number of hydrogen-bond donors (Lipinski definition) is 1. The molecule has 2 fully saturated rings. The highest BCUT2D eigenvalue weighted by Crippen LogP contribution is 2.38. The van der Waals surface area contributed by atoms with Gasteiger partial charge < -0.3 is 10.1 Å². The number of methoxy groups -OCH3 is 1. The Kier molecular flexibility index (Phi) is 5.12. The molecule has 1 aromatic carbocycles. The van der Waals surface area contributed by atoms with E-state index < -0.39 is 0 Å². The Labute approximate surface area is 122 Å². The number of ether oxygens (including phenoxy) is 1. The molecule has 2 nitrogen and oxygen atoms in total. The average molecular weight is 282 g/mol. The molecule has 1 heterocycles. The number of benzene rings is 1. The molecule has 106 valence electrons. The third kappa shape index (κ3) is 3.24. The monoisotopic (exact) mass is 281 g/mol. The van der Waals surface area contributed by atoms with E-state index in [1.165, 1.54) is 44.3 Å². The molecule has 2 aliphatic rings. The normalized spacial score (nSPS) is 29.4. The molecule has 1 aliphatic carbocycles. The minimum absolute atomic E-state index is 0. The fraction of sp³-hybridized carbons (Fsp3) is 0.625. The van der Waals surface area contributed by atoms with Crippen LogP contribution in [-0.2, 0) is 6.42 Å². The van der Waals surface area contributed by atoms with Crippen molar-refractivity contribution in [2.24, 2.45) is 17.8 Å². The van der Waals surface area contributed by atoms with Gasteiger partial charge in [0.15, 0.2) is 0 Å². The molecule has 1 aromatic rings. The summed E-state index contributed by atoms with van der Waals surface area (Å²) in [6, 6.07) is 8.59. The predicted octanol–water partition coefficient (Wildman–Crippen LogP) is 3.30. The molecule has 0 spiro atoms. The summed E-state index contributed by atoms with van der Waals surface area (Å²) in [5.41, 5.74) is 1.44. The molecule has 1 aliphatic heterocycles. The maximum atomic E-state index is 5.32. The van der Waals surface area contributed by atoms with Gasteiger partial charge in [-0.05, 0) is 67.8 Å². The smallest absolute Gasteiger partial charge is 0.119 e. The third-order valence-corrected chi connectivity index (χ3v) is 4.78. The highest BCUT2D eigenvalue weighted by atomic mass is 35.5. The van der Waals surface area contributed by atoms with Crippen molar-refractivity contribution in [2.45, 2.75) is 25.7 Å². The van der Waals surface area contributed by atoms with E-state index in [-0.39, 0.29) is 12.4 Å². The number of fused-ring (bicyclic) bond motifs is 1. The molecule has 3 rings (SSSR count). The highest BCUT2D eigenvalue weighted by molar-refractivity contribution is 5.85. The van der Waals surface area contributed by atoms with Crippen molar-refractivity contribution in [1.29, 1.82) is 0 Å². The molecule has 19 heavy (non-hydrogen) atoms. The molecule has 1 saturated heterocycles. The maximum Gasteiger partial charge on any atom is 0.119 e. The average Bonchev–Trinajstić information content (AvgIpc) is 2.88. The fourth-order valence-electron chi connectivity index (χ4n) is 3.83. The van der Waals surface area contributed by atoms with Gasteiger partial charge in [-0.15, -0.1) is 12.4 Å². The van der Waals surface area contributed by atoms with Crippen molar-refractivity contribution < 1.29 is 4.74 Å². The van der Waals surface area contributed by atoms with E-state index in [4.69, 9.17) is 4.74 Å². The second kappa shape index (κ2) is 6.62. The van der Waals surface area contributed by atoms with Crippen molar-refractivity contribution >= 4 is 12.4 Å². The van der Waals surface area contributed by atoms with E-state index in [0.29, 0.717) is 0 Å². The zero-order valence-electron chi connectivity index (χ0n) is 11.6. The van der Waals surface area contributed by atoms with Crippen LogP contribution in [0.25, 0.3) is 0 Å². The first-order valence-electron chi connectivity index (χ1n) is 7.20. The molecule has 0 bridgehead atoms. The second-order valence-corrected chi connectivity index (χ2v) is 5.83. The van der Waals surface area contributed by atoms with Gasteiger partial charge in [-0.1, -0.05) is 18.6 Å². The lowest BCUT2D eigenvalue weighted by molar-refractivity contribution is 0.198. The number of hydrogen-bond acceptors (Lipinski definition) is 2. The first kappa shape index (κ1) is 14.7. The van der Waals surface area contributed by atoms with Gasteiger partial charge in [0.1, 0.15) is 5.75 Å². The van der Waals surface area contributed by atoms with Crippen molar-refractivity contribution in [3.05, 3.63) is 29.8 Å². The van der Waals surface area contributed by atoms with Crippen LogP contribution in [0.4, 0.5) is 0 Å². The Bertz CT molecular complexity index is 409. The summed E-state index contributed by atoms with van der Waals surface area (Å²) < 4.78 is 5.32. The van der Waals surface area contributed by atoms with Crippen LogP contribution in [0.3, 0.4) is 0 Å². The Morgan fingerprint density at radius 1 is 1.26 bits per heavy atom. The van der Waals surface area contributed by atoms with E-state index >= 15 is 0 Å². The lowest BCUT2D eigenvalue weighted by atomic mass is 9.71. The molecule has 3 unspecified atom stereocenters. The largest absolute Gasteiger partial charge is 0.497 e. The summed E-state index contributed by atoms with van der Waals surface area (Å²) in [5.74, 6) is 3.70. The third-order valence-electron chi connectivity index (χ3n) is 4.78. The van der Waals surface area contributed by atoms with Gasteiger partial charge in [0.25, 0.3) is 0 Å². The van der Waals surface area contributed by atoms with Crippen molar-refractivity contribution in [2.75, 3.05) is 20.2 Å². The highest BCUT2D eigenvalue weighted by Gasteiger charge is 2.36. The predicted molar refractivity (Wildman–Crippen MR) is 81.1 cm³/mol. The summed E-state index contributed by atoms with van der Waals surface area (Å²) in [6.07, 6.45) is 5.48. The van der Waals surface area contributed by atoms with E-state index in [0.717, 1.165) is 23.5 Å². The van der Waals surface area contributed by atoms with E-state index in [1.807, 2.05) is 6.07 Å². The van der Waals surface area contributed by atoms with Gasteiger partial charge in [-0.3, -0.25) is 0 Å². The van der Waals surface area contributed by atoms with Crippen LogP contribution < -0.4 is 10.1 Å². The van der Waals surface area contributed by atoms with Crippen LogP contribution in [0, 0.1) is 17.8 Å². The summed E-state index contributed by atoms with van der Waals surface area (Å²) in [6.45, 7) is 2.48. The van der Waals surface area contributed by atoms with Crippen LogP contribution in [0.5, 0.6) is 5.75 Å². The van der Waals surface area contributed by atoms with Gasteiger partial charge in [-0.25, -0.2) is 0 Å². The van der Waals surface area contributed by atoms with Gasteiger partial charge >= 0.3 is 0 Å². The maximum absolute atomic E-state index is 5.32. The number of nitrogens with one attached hydrogen (secondary N) is 1. The van der Waals surface area contributed by atoms with E-state index in [2.05, 4.69) is 23.5 Å². The number of halogens is 1. The van der Waals surface area contributed by atoms with Crippen molar-refractivity contribution in [3.63, 3.8) is 0 Å². The molecular formula is C16H24ClNO. The molecule has 3 atom stereocenters. The Balaban J connectivity index is 0.00000133. The summed E-state index contributed by atoms with van der Waals surface area (Å²) in [4.78, 5) is 0. The van der Waals surface area contributed by atoms with Crippen molar-refractivity contribution in [1.82, 2.24) is 5.32 Å². The molecule has 0 radical (unpaired) electrons. The standard InChI is InChI=1S/C16H23NO.ClH/c1-18-15-7-2-4-12(9-15)8-13-5-3-6-14-10-17-11-16(13)14;/h2,4,7,9,13-14,16-17H,3,5-6,8,10-11H2,1H3;1H.